The maximum absolute atomic E-state index is 13.2. The van der Waals surface area contributed by atoms with Crippen LogP contribution >= 0.6 is 0 Å². The largest absolute Gasteiger partial charge is 0.481 e. The minimum atomic E-state index is -1.11. The quantitative estimate of drug-likeness (QED) is 0.287. The van der Waals surface area contributed by atoms with Crippen molar-refractivity contribution < 1.29 is 29.4 Å². The van der Waals surface area contributed by atoms with Gasteiger partial charge < -0.3 is 20.8 Å². The highest BCUT2D eigenvalue weighted by Gasteiger charge is 2.35. The Balaban J connectivity index is 1.35. The monoisotopic (exact) mass is 579 g/mol. The molecular formula is C31H41N5O6. The molecule has 1 saturated carbocycles. The van der Waals surface area contributed by atoms with Crippen molar-refractivity contribution in [2.24, 2.45) is 11.3 Å². The molecule has 4 rings (SSSR count). The number of pyridine rings is 1. The van der Waals surface area contributed by atoms with Crippen molar-refractivity contribution in [3.8, 4) is 0 Å². The minimum absolute atomic E-state index is 0.0531. The number of carbonyl (C=O) groups is 4. The Hall–Kier alpha value is -3.83. The van der Waals surface area contributed by atoms with Gasteiger partial charge in [-0.3, -0.25) is 29.2 Å². The number of aliphatic hydroxyl groups is 1. The molecule has 0 bridgehead atoms. The van der Waals surface area contributed by atoms with E-state index in [1.807, 2.05) is 37.3 Å². The number of carboxylic acid groups (broad SMARTS) is 1. The molecule has 226 valence electrons. The second-order valence-electron chi connectivity index (χ2n) is 12.0. The van der Waals surface area contributed by atoms with Crippen LogP contribution in [0.4, 0.5) is 0 Å². The van der Waals surface area contributed by atoms with Gasteiger partial charge in [0.05, 0.1) is 22.7 Å². The number of nitrogens with zero attached hydrogens (tertiary/aromatic N) is 2. The molecule has 11 nitrogen and oxygen atoms in total. The van der Waals surface area contributed by atoms with Crippen LogP contribution in [0.1, 0.15) is 77.1 Å². The van der Waals surface area contributed by atoms with E-state index in [0.717, 1.165) is 35.7 Å². The van der Waals surface area contributed by atoms with E-state index in [9.17, 15) is 29.4 Å². The smallest absolute Gasteiger partial charge is 0.312 e. The van der Waals surface area contributed by atoms with Gasteiger partial charge in [-0.2, -0.15) is 0 Å². The van der Waals surface area contributed by atoms with Gasteiger partial charge in [-0.1, -0.05) is 36.8 Å². The van der Waals surface area contributed by atoms with Crippen molar-refractivity contribution >= 4 is 40.7 Å². The lowest BCUT2D eigenvalue weighted by Crippen LogP contribution is -2.61. The lowest BCUT2D eigenvalue weighted by atomic mass is 9.81. The second-order valence-corrected chi connectivity index (χ2v) is 12.0. The summed E-state index contributed by atoms with van der Waals surface area (Å²) >= 11 is 0. The highest BCUT2D eigenvalue weighted by molar-refractivity contribution is 5.90. The molecule has 1 aliphatic carbocycles. The Kier molecular flexibility index (Phi) is 9.63. The topological polar surface area (TPSA) is 161 Å². The molecule has 11 heteroatoms. The first-order chi connectivity index (χ1) is 19.9. The van der Waals surface area contributed by atoms with Crippen LogP contribution in [-0.2, 0) is 19.2 Å². The molecule has 2 heterocycles. The van der Waals surface area contributed by atoms with Gasteiger partial charge in [0.25, 0.3) is 5.91 Å². The first-order valence-electron chi connectivity index (χ1n) is 14.6. The zero-order chi connectivity index (χ0) is 30.6. The van der Waals surface area contributed by atoms with Gasteiger partial charge in [-0.05, 0) is 77.0 Å². The van der Waals surface area contributed by atoms with Gasteiger partial charge in [0.1, 0.15) is 18.2 Å². The molecule has 1 aromatic carbocycles. The molecule has 2 aromatic rings. The number of carbonyl (C=O) groups excluding carboxylic acids is 3. The van der Waals surface area contributed by atoms with Crippen LogP contribution in [0.15, 0.2) is 36.4 Å². The van der Waals surface area contributed by atoms with Gasteiger partial charge in [-0.15, -0.1) is 0 Å². The molecule has 0 radical (unpaired) electrons. The van der Waals surface area contributed by atoms with Gasteiger partial charge in [0, 0.05) is 11.9 Å². The predicted octanol–water partition coefficient (Wildman–Crippen LogP) is 2.70. The summed E-state index contributed by atoms with van der Waals surface area (Å²) in [7, 11) is 0. The molecule has 42 heavy (non-hydrogen) atoms. The van der Waals surface area contributed by atoms with Crippen molar-refractivity contribution in [2.75, 3.05) is 6.54 Å². The molecule has 0 unspecified atom stereocenters. The molecular weight excluding hydrogens is 538 g/mol. The van der Waals surface area contributed by atoms with Crippen molar-refractivity contribution in [1.29, 1.82) is 0 Å². The van der Waals surface area contributed by atoms with E-state index in [-0.39, 0.29) is 17.7 Å². The SMILES string of the molecule is C[C@H](NC(=O)[C@@H](O)C1CCC1)C(=O)N1CCC[C@@H](C(=O)N[C@H](C)c2ccc3ccc(C=CC(C)(C)C(=O)O)cc3n2)N1. The Morgan fingerprint density at radius 2 is 1.79 bits per heavy atom. The number of fused-ring (bicyclic) bond motifs is 1. The molecule has 2 fully saturated rings. The van der Waals surface area contributed by atoms with Crippen LogP contribution in [0.2, 0.25) is 0 Å². The number of aromatic nitrogens is 1. The molecule has 1 saturated heterocycles. The number of nitrogens with one attached hydrogen (secondary N) is 3. The normalized spacial score (nSPS) is 20.0. The molecule has 0 spiro atoms. The van der Waals surface area contributed by atoms with E-state index in [0.29, 0.717) is 25.1 Å². The van der Waals surface area contributed by atoms with Crippen LogP contribution in [0.5, 0.6) is 0 Å². The average Bonchev–Trinajstić information content (AvgIpc) is 2.94. The third kappa shape index (κ3) is 7.32. The van der Waals surface area contributed by atoms with Crippen molar-refractivity contribution in [3.05, 3.63) is 47.7 Å². The first-order valence-corrected chi connectivity index (χ1v) is 14.6. The minimum Gasteiger partial charge on any atom is -0.481 e. The van der Waals surface area contributed by atoms with Crippen molar-refractivity contribution in [2.45, 2.75) is 84.0 Å². The Labute approximate surface area is 245 Å². The van der Waals surface area contributed by atoms with Crippen LogP contribution in [0, 0.1) is 11.3 Å². The van der Waals surface area contributed by atoms with E-state index < -0.39 is 41.5 Å². The number of hydrazine groups is 1. The number of carboxylic acids is 1. The summed E-state index contributed by atoms with van der Waals surface area (Å²) in [5.41, 5.74) is 4.19. The zero-order valence-electron chi connectivity index (χ0n) is 24.6. The maximum Gasteiger partial charge on any atom is 0.312 e. The highest BCUT2D eigenvalue weighted by atomic mass is 16.4. The van der Waals surface area contributed by atoms with Gasteiger partial charge in [-0.25, -0.2) is 5.43 Å². The third-order valence-corrected chi connectivity index (χ3v) is 8.15. The lowest BCUT2D eigenvalue weighted by molar-refractivity contribution is -0.145. The predicted molar refractivity (Wildman–Crippen MR) is 158 cm³/mol. The van der Waals surface area contributed by atoms with Crippen LogP contribution < -0.4 is 16.1 Å². The van der Waals surface area contributed by atoms with Gasteiger partial charge in [0.2, 0.25) is 11.8 Å². The van der Waals surface area contributed by atoms with Crippen LogP contribution in [0.25, 0.3) is 17.0 Å². The average molecular weight is 580 g/mol. The second kappa shape index (κ2) is 13.0. The van der Waals surface area contributed by atoms with E-state index in [2.05, 4.69) is 16.1 Å². The fourth-order valence-electron chi connectivity index (χ4n) is 4.96. The Morgan fingerprint density at radius 3 is 2.45 bits per heavy atom. The molecule has 3 amide bonds. The van der Waals surface area contributed by atoms with Gasteiger partial charge >= 0.3 is 5.97 Å². The zero-order valence-corrected chi connectivity index (χ0v) is 24.6. The number of aliphatic carboxylic acids is 1. The molecule has 1 aromatic heterocycles. The fourth-order valence-corrected chi connectivity index (χ4v) is 4.96. The Morgan fingerprint density at radius 1 is 1.07 bits per heavy atom. The highest BCUT2D eigenvalue weighted by Crippen LogP contribution is 2.29. The number of amides is 3. The summed E-state index contributed by atoms with van der Waals surface area (Å²) in [5.74, 6) is -2.16. The molecule has 4 atom stereocenters. The van der Waals surface area contributed by atoms with Crippen LogP contribution in [0.3, 0.4) is 0 Å². The van der Waals surface area contributed by atoms with Crippen molar-refractivity contribution in [3.63, 3.8) is 0 Å². The van der Waals surface area contributed by atoms with E-state index in [1.54, 1.807) is 32.9 Å². The molecule has 2 aliphatic rings. The summed E-state index contributed by atoms with van der Waals surface area (Å²) in [4.78, 5) is 54.6. The fraction of sp³-hybridized carbons (Fsp3) is 0.516. The molecule has 1 aliphatic heterocycles. The summed E-state index contributed by atoms with van der Waals surface area (Å²) in [6.07, 6.45) is 6.04. The molecule has 5 N–H and O–H groups in total. The number of hydrogen-bond acceptors (Lipinski definition) is 7. The number of hydrogen-bond donors (Lipinski definition) is 5. The van der Waals surface area contributed by atoms with Gasteiger partial charge in [0.15, 0.2) is 0 Å². The van der Waals surface area contributed by atoms with E-state index in [4.69, 9.17) is 4.98 Å². The summed E-state index contributed by atoms with van der Waals surface area (Å²) < 4.78 is 0. The van der Waals surface area contributed by atoms with Crippen LogP contribution in [-0.4, -0.2) is 68.6 Å². The summed E-state index contributed by atoms with van der Waals surface area (Å²) in [6.45, 7) is 7.06. The lowest BCUT2D eigenvalue weighted by Gasteiger charge is -2.35. The third-order valence-electron chi connectivity index (χ3n) is 8.15. The standard InChI is InChI=1S/C31H41N5O6/c1-18(23-13-12-21-11-10-20(17-25(21)34-23)14-15-31(3,4)30(41)42)32-27(38)24-9-6-16-36(35-24)29(40)19(2)33-28(39)26(37)22-7-5-8-22/h10-15,17-19,22,24,26,35,37H,5-9,16H2,1-4H3,(H,32,38)(H,33,39)(H,41,42)/t18-,19+,24+,26+/m1/s1. The Bertz CT molecular complexity index is 1370. The number of rotatable bonds is 10. The van der Waals surface area contributed by atoms with Crippen molar-refractivity contribution in [1.82, 2.24) is 26.1 Å². The first kappa shape index (κ1) is 31.1. The summed E-state index contributed by atoms with van der Waals surface area (Å²) in [6, 6.07) is 7.56. The van der Waals surface area contributed by atoms with E-state index in [1.165, 1.54) is 5.01 Å². The number of aliphatic hydroxyl groups excluding tert-OH is 1. The van der Waals surface area contributed by atoms with E-state index >= 15 is 0 Å². The number of benzene rings is 1. The maximum atomic E-state index is 13.2. The summed E-state index contributed by atoms with van der Waals surface area (Å²) in [5, 5.41) is 27.4.